The predicted molar refractivity (Wildman–Crippen MR) is 117 cm³/mol. The van der Waals surface area contributed by atoms with Gasteiger partial charge in [-0.25, -0.2) is 0 Å². The number of aryl methyl sites for hydroxylation is 1. The lowest BCUT2D eigenvalue weighted by Crippen LogP contribution is -1.83. The normalized spacial score (nSPS) is 9.72. The van der Waals surface area contributed by atoms with Crippen molar-refractivity contribution in [3.05, 3.63) is 90.0 Å². The molecule has 0 unspecified atom stereocenters. The topological polar surface area (TPSA) is 107 Å². The minimum Gasteiger partial charge on any atom is -0.508 e. The lowest BCUT2D eigenvalue weighted by molar-refractivity contribution is 0.443. The molecule has 0 saturated heterocycles. The molecule has 5 nitrogen and oxygen atoms in total. The second-order valence-electron chi connectivity index (χ2n) is 6.47. The quantitative estimate of drug-likeness (QED) is 0.264. The lowest BCUT2D eigenvalue weighted by Gasteiger charge is -1.98. The van der Waals surface area contributed by atoms with E-state index >= 15 is 0 Å². The smallest absolute Gasteiger partial charge is 0.123 e. The zero-order valence-corrected chi connectivity index (χ0v) is 16.4. The number of nitrogens with two attached hydrogens (primary N) is 1. The van der Waals surface area contributed by atoms with Crippen LogP contribution in [-0.2, 0) is 0 Å². The number of phenols is 4. The maximum atomic E-state index is 9.37. The van der Waals surface area contributed by atoms with E-state index in [-0.39, 0.29) is 17.2 Å². The van der Waals surface area contributed by atoms with Crippen LogP contribution in [0.1, 0.15) is 11.1 Å². The van der Waals surface area contributed by atoms with Gasteiger partial charge < -0.3 is 26.2 Å². The standard InChI is InChI=1S/C10H8O.C7H9NO.C7H8O2/c11-10-7-3-5-8-4-1-2-6-9(8)10;1-5-2-3-6(8)4-7(5)9;1-5-6(8)3-2-4-7(5)9/h1-7,11H;2-4,9H,8H2,1H3;2-4,8-9H,1H3. The van der Waals surface area contributed by atoms with Crippen molar-refractivity contribution in [1.82, 2.24) is 0 Å². The van der Waals surface area contributed by atoms with Gasteiger partial charge in [0, 0.05) is 22.7 Å². The van der Waals surface area contributed by atoms with Gasteiger partial charge in [-0.1, -0.05) is 48.5 Å². The molecule has 4 rings (SSSR count). The molecule has 0 fully saturated rings. The van der Waals surface area contributed by atoms with E-state index in [1.165, 1.54) is 18.2 Å². The molecule has 0 saturated carbocycles. The summed E-state index contributed by atoms with van der Waals surface area (Å²) in [6, 6.07) is 23.0. The first-order valence-electron chi connectivity index (χ1n) is 8.99. The molecule has 0 radical (unpaired) electrons. The highest BCUT2D eigenvalue weighted by Crippen LogP contribution is 2.24. The highest BCUT2D eigenvalue weighted by molar-refractivity contribution is 5.87. The highest BCUT2D eigenvalue weighted by atomic mass is 16.3. The molecule has 0 aliphatic heterocycles. The third-order valence-electron chi connectivity index (χ3n) is 4.28. The van der Waals surface area contributed by atoms with Gasteiger partial charge in [-0.2, -0.15) is 0 Å². The fraction of sp³-hybridized carbons (Fsp3) is 0.0833. The van der Waals surface area contributed by atoms with E-state index in [9.17, 15) is 5.11 Å². The minimum absolute atomic E-state index is 0.134. The van der Waals surface area contributed by atoms with Gasteiger partial charge in [0.15, 0.2) is 0 Å². The summed E-state index contributed by atoms with van der Waals surface area (Å²) in [5.41, 5.74) is 7.34. The zero-order chi connectivity index (χ0) is 21.4. The maximum absolute atomic E-state index is 9.37. The largest absolute Gasteiger partial charge is 0.508 e. The third kappa shape index (κ3) is 6.07. The fourth-order valence-corrected chi connectivity index (χ4v) is 2.45. The zero-order valence-electron chi connectivity index (χ0n) is 16.4. The molecule has 0 bridgehead atoms. The molecule has 0 amide bonds. The molecule has 0 aliphatic carbocycles. The van der Waals surface area contributed by atoms with Crippen LogP contribution in [0, 0.1) is 13.8 Å². The summed E-state index contributed by atoms with van der Waals surface area (Å²) in [7, 11) is 0. The number of rotatable bonds is 0. The Morgan fingerprint density at radius 1 is 0.586 bits per heavy atom. The monoisotopic (exact) mass is 391 g/mol. The average molecular weight is 391 g/mol. The first-order chi connectivity index (χ1) is 13.8. The second kappa shape index (κ2) is 9.90. The highest BCUT2D eigenvalue weighted by Gasteiger charge is 1.97. The summed E-state index contributed by atoms with van der Waals surface area (Å²) in [4.78, 5) is 0. The van der Waals surface area contributed by atoms with Crippen molar-refractivity contribution in [2.24, 2.45) is 0 Å². The second-order valence-corrected chi connectivity index (χ2v) is 6.47. The summed E-state index contributed by atoms with van der Waals surface area (Å²) < 4.78 is 0. The van der Waals surface area contributed by atoms with Gasteiger partial charge in [0.1, 0.15) is 23.0 Å². The number of hydrogen-bond donors (Lipinski definition) is 5. The Bertz CT molecular complexity index is 1070. The van der Waals surface area contributed by atoms with Crippen LogP contribution in [-0.4, -0.2) is 20.4 Å². The van der Waals surface area contributed by atoms with Crippen LogP contribution in [0.4, 0.5) is 5.69 Å². The van der Waals surface area contributed by atoms with E-state index in [0.29, 0.717) is 17.0 Å². The molecule has 150 valence electrons. The summed E-state index contributed by atoms with van der Waals surface area (Å²) in [5, 5.41) is 38.3. The number of phenolic OH excluding ortho intramolecular Hbond substituents is 4. The molecule has 0 atom stereocenters. The Kier molecular flexibility index (Phi) is 7.32. The van der Waals surface area contributed by atoms with Crippen molar-refractivity contribution in [2.75, 3.05) is 5.73 Å². The Morgan fingerprint density at radius 2 is 1.14 bits per heavy atom. The van der Waals surface area contributed by atoms with E-state index in [1.807, 2.05) is 43.3 Å². The van der Waals surface area contributed by atoms with Crippen molar-refractivity contribution >= 4 is 16.5 Å². The third-order valence-corrected chi connectivity index (χ3v) is 4.28. The van der Waals surface area contributed by atoms with Gasteiger partial charge in [0.2, 0.25) is 0 Å². The van der Waals surface area contributed by atoms with Gasteiger partial charge in [-0.3, -0.25) is 0 Å². The van der Waals surface area contributed by atoms with Crippen LogP contribution in [0.25, 0.3) is 10.8 Å². The summed E-state index contributed by atoms with van der Waals surface area (Å²) in [6.45, 7) is 3.49. The Balaban J connectivity index is 0.000000157. The Morgan fingerprint density at radius 3 is 1.69 bits per heavy atom. The van der Waals surface area contributed by atoms with E-state index < -0.39 is 0 Å². The molecule has 29 heavy (non-hydrogen) atoms. The molecular weight excluding hydrogens is 366 g/mol. The number of benzene rings is 4. The minimum atomic E-state index is 0.134. The van der Waals surface area contributed by atoms with Gasteiger partial charge in [-0.15, -0.1) is 0 Å². The molecule has 4 aromatic rings. The molecule has 0 aliphatic rings. The molecule has 4 aromatic carbocycles. The van der Waals surface area contributed by atoms with Crippen molar-refractivity contribution < 1.29 is 20.4 Å². The van der Waals surface area contributed by atoms with Crippen LogP contribution in [0.2, 0.25) is 0 Å². The van der Waals surface area contributed by atoms with Crippen LogP contribution in [0.5, 0.6) is 23.0 Å². The van der Waals surface area contributed by atoms with E-state index in [0.717, 1.165) is 16.3 Å². The van der Waals surface area contributed by atoms with Crippen LogP contribution >= 0.6 is 0 Å². The van der Waals surface area contributed by atoms with Crippen molar-refractivity contribution in [2.45, 2.75) is 13.8 Å². The van der Waals surface area contributed by atoms with E-state index in [1.54, 1.807) is 31.2 Å². The van der Waals surface area contributed by atoms with E-state index in [4.69, 9.17) is 21.1 Å². The van der Waals surface area contributed by atoms with Crippen molar-refractivity contribution in [1.29, 1.82) is 0 Å². The number of aromatic hydroxyl groups is 4. The number of nitrogen functional groups attached to an aromatic ring is 1. The van der Waals surface area contributed by atoms with Crippen molar-refractivity contribution in [3.63, 3.8) is 0 Å². The molecule has 0 spiro atoms. The van der Waals surface area contributed by atoms with E-state index in [2.05, 4.69) is 0 Å². The SMILES string of the molecule is Cc1c(O)cccc1O.Cc1ccc(N)cc1O.Oc1cccc2ccccc12. The number of hydrogen-bond acceptors (Lipinski definition) is 5. The summed E-state index contributed by atoms with van der Waals surface area (Å²) in [6.07, 6.45) is 0. The number of fused-ring (bicyclic) bond motifs is 1. The Labute approximate surface area is 169 Å². The van der Waals surface area contributed by atoms with Crippen molar-refractivity contribution in [3.8, 4) is 23.0 Å². The molecule has 5 heteroatoms. The van der Waals surface area contributed by atoms with Gasteiger partial charge >= 0.3 is 0 Å². The molecular formula is C24H25NO4. The molecule has 6 N–H and O–H groups in total. The maximum Gasteiger partial charge on any atom is 0.123 e. The van der Waals surface area contributed by atoms with Gasteiger partial charge in [-0.05, 0) is 49.1 Å². The lowest BCUT2D eigenvalue weighted by atomic mass is 10.1. The Hall–Kier alpha value is -3.86. The van der Waals surface area contributed by atoms with Gasteiger partial charge in [0.05, 0.1) is 0 Å². The summed E-state index contributed by atoms with van der Waals surface area (Å²) >= 11 is 0. The van der Waals surface area contributed by atoms with Gasteiger partial charge in [0.25, 0.3) is 0 Å². The average Bonchev–Trinajstić information content (AvgIpc) is 2.71. The van der Waals surface area contributed by atoms with Crippen LogP contribution < -0.4 is 5.73 Å². The predicted octanol–water partition coefficient (Wildman–Crippen LogP) is 5.23. The van der Waals surface area contributed by atoms with Crippen LogP contribution in [0.15, 0.2) is 78.9 Å². The fourth-order valence-electron chi connectivity index (χ4n) is 2.45. The molecule has 0 aromatic heterocycles. The molecule has 0 heterocycles. The first kappa shape index (κ1) is 21.4. The number of anilines is 1. The summed E-state index contributed by atoms with van der Waals surface area (Å²) in [5.74, 6) is 0.878. The van der Waals surface area contributed by atoms with Crippen LogP contribution in [0.3, 0.4) is 0 Å². The first-order valence-corrected chi connectivity index (χ1v) is 8.99.